The first-order valence-electron chi connectivity index (χ1n) is 9.79. The molecule has 0 bridgehead atoms. The molecule has 1 aromatic rings. The zero-order valence-corrected chi connectivity index (χ0v) is 16.1. The van der Waals surface area contributed by atoms with Gasteiger partial charge in [-0.1, -0.05) is 18.6 Å². The standard InChI is InChI=1S/C20H32N2O5/c21-9-5-1-2-8-20(23)22-10-12-24-14-16-26-18-6-3-4-7-19(18)27-17-15-25-13-11-22/h3-4,6-7H,1-2,5,8-17,21H2. The second kappa shape index (κ2) is 13.4. The maximum absolute atomic E-state index is 12.4. The number of carbonyl (C=O) groups is 1. The predicted octanol–water partition coefficient (Wildman–Crippen LogP) is 1.84. The number of ether oxygens (including phenoxy) is 4. The minimum absolute atomic E-state index is 0.142. The number of benzene rings is 1. The van der Waals surface area contributed by atoms with E-state index in [4.69, 9.17) is 24.7 Å². The Balaban J connectivity index is 1.81. The zero-order chi connectivity index (χ0) is 19.2. The molecule has 1 amide bonds. The van der Waals surface area contributed by atoms with Crippen molar-refractivity contribution in [2.75, 3.05) is 59.3 Å². The van der Waals surface area contributed by atoms with Crippen LogP contribution in [-0.4, -0.2) is 70.1 Å². The lowest BCUT2D eigenvalue weighted by Crippen LogP contribution is -2.37. The second-order valence-corrected chi connectivity index (χ2v) is 6.35. The molecule has 1 aliphatic heterocycles. The number of amides is 1. The Labute approximate surface area is 161 Å². The average Bonchev–Trinajstić information content (AvgIpc) is 2.69. The van der Waals surface area contributed by atoms with E-state index in [0.717, 1.165) is 19.3 Å². The number of nitrogens with two attached hydrogens (primary N) is 1. The summed E-state index contributed by atoms with van der Waals surface area (Å²) in [6, 6.07) is 7.56. The monoisotopic (exact) mass is 380 g/mol. The smallest absolute Gasteiger partial charge is 0.222 e. The molecular formula is C20H32N2O5. The Morgan fingerprint density at radius 1 is 0.852 bits per heavy atom. The van der Waals surface area contributed by atoms with Gasteiger partial charge in [0.15, 0.2) is 11.5 Å². The molecule has 0 unspecified atom stereocenters. The van der Waals surface area contributed by atoms with Crippen molar-refractivity contribution in [1.82, 2.24) is 4.90 Å². The van der Waals surface area contributed by atoms with Crippen LogP contribution < -0.4 is 15.2 Å². The summed E-state index contributed by atoms with van der Waals surface area (Å²) in [5.41, 5.74) is 5.50. The number of hydrogen-bond acceptors (Lipinski definition) is 6. The molecule has 0 saturated carbocycles. The van der Waals surface area contributed by atoms with Crippen molar-refractivity contribution >= 4 is 5.91 Å². The number of rotatable bonds is 5. The fourth-order valence-electron chi connectivity index (χ4n) is 2.78. The van der Waals surface area contributed by atoms with Gasteiger partial charge < -0.3 is 29.6 Å². The highest BCUT2D eigenvalue weighted by molar-refractivity contribution is 5.76. The van der Waals surface area contributed by atoms with Gasteiger partial charge in [-0.25, -0.2) is 0 Å². The minimum atomic E-state index is 0.142. The number of fused-ring (bicyclic) bond motifs is 1. The first-order valence-corrected chi connectivity index (χ1v) is 9.79. The van der Waals surface area contributed by atoms with Crippen LogP contribution in [0.4, 0.5) is 0 Å². The SMILES string of the molecule is NCCCCCC(=O)N1CCOCCOc2ccccc2OCCOCC1. The van der Waals surface area contributed by atoms with Crippen LogP contribution in [0.5, 0.6) is 11.5 Å². The number of unbranched alkanes of at least 4 members (excludes halogenated alkanes) is 2. The molecule has 7 nitrogen and oxygen atoms in total. The van der Waals surface area contributed by atoms with Crippen LogP contribution in [0.15, 0.2) is 24.3 Å². The van der Waals surface area contributed by atoms with Crippen molar-refractivity contribution in [3.8, 4) is 11.5 Å². The average molecular weight is 380 g/mol. The summed E-state index contributed by atoms with van der Waals surface area (Å²) in [5, 5.41) is 0. The van der Waals surface area contributed by atoms with Gasteiger partial charge in [-0.05, 0) is 31.5 Å². The molecule has 1 aliphatic rings. The highest BCUT2D eigenvalue weighted by Gasteiger charge is 2.13. The molecule has 0 aromatic heterocycles. The third-order valence-corrected chi connectivity index (χ3v) is 4.28. The molecular weight excluding hydrogens is 348 g/mol. The van der Waals surface area contributed by atoms with Gasteiger partial charge in [0, 0.05) is 19.5 Å². The Bertz CT molecular complexity index is 506. The summed E-state index contributed by atoms with van der Waals surface area (Å²) in [6.07, 6.45) is 3.36. The summed E-state index contributed by atoms with van der Waals surface area (Å²) >= 11 is 0. The highest BCUT2D eigenvalue weighted by Crippen LogP contribution is 2.26. The second-order valence-electron chi connectivity index (χ2n) is 6.35. The van der Waals surface area contributed by atoms with Gasteiger partial charge in [-0.2, -0.15) is 0 Å². The lowest BCUT2D eigenvalue weighted by Gasteiger charge is -2.22. The van der Waals surface area contributed by atoms with E-state index in [2.05, 4.69) is 0 Å². The van der Waals surface area contributed by atoms with Gasteiger partial charge in [0.25, 0.3) is 0 Å². The molecule has 1 aromatic carbocycles. The maximum Gasteiger partial charge on any atom is 0.222 e. The fraction of sp³-hybridized carbons (Fsp3) is 0.650. The van der Waals surface area contributed by atoms with Crippen LogP contribution in [0.1, 0.15) is 25.7 Å². The molecule has 0 spiro atoms. The maximum atomic E-state index is 12.4. The third kappa shape index (κ3) is 8.60. The van der Waals surface area contributed by atoms with Gasteiger partial charge in [0.05, 0.1) is 26.4 Å². The van der Waals surface area contributed by atoms with E-state index in [0.29, 0.717) is 77.2 Å². The summed E-state index contributed by atoms with van der Waals surface area (Å²) < 4.78 is 22.7. The van der Waals surface area contributed by atoms with Crippen LogP contribution in [-0.2, 0) is 14.3 Å². The van der Waals surface area contributed by atoms with Crippen molar-refractivity contribution in [2.24, 2.45) is 5.73 Å². The van der Waals surface area contributed by atoms with Crippen molar-refractivity contribution in [3.05, 3.63) is 24.3 Å². The third-order valence-electron chi connectivity index (χ3n) is 4.28. The van der Waals surface area contributed by atoms with E-state index in [9.17, 15) is 4.79 Å². The van der Waals surface area contributed by atoms with Gasteiger partial charge in [0.1, 0.15) is 13.2 Å². The van der Waals surface area contributed by atoms with Gasteiger partial charge in [-0.15, -0.1) is 0 Å². The molecule has 0 fully saturated rings. The molecule has 1 heterocycles. The lowest BCUT2D eigenvalue weighted by molar-refractivity contribution is -0.133. The number of carbonyl (C=O) groups excluding carboxylic acids is 1. The van der Waals surface area contributed by atoms with E-state index in [1.54, 1.807) is 0 Å². The normalized spacial score (nSPS) is 17.0. The summed E-state index contributed by atoms with van der Waals surface area (Å²) in [4.78, 5) is 14.3. The molecule has 2 N–H and O–H groups in total. The zero-order valence-electron chi connectivity index (χ0n) is 16.1. The Morgan fingerprint density at radius 3 is 2.00 bits per heavy atom. The van der Waals surface area contributed by atoms with Crippen LogP contribution in [0.25, 0.3) is 0 Å². The lowest BCUT2D eigenvalue weighted by atomic mass is 10.2. The van der Waals surface area contributed by atoms with E-state index in [1.165, 1.54) is 0 Å². The van der Waals surface area contributed by atoms with Gasteiger partial charge in [0.2, 0.25) is 5.91 Å². The van der Waals surface area contributed by atoms with Crippen LogP contribution in [0, 0.1) is 0 Å². The quantitative estimate of drug-likeness (QED) is 0.785. The van der Waals surface area contributed by atoms with Crippen molar-refractivity contribution in [3.63, 3.8) is 0 Å². The highest BCUT2D eigenvalue weighted by atomic mass is 16.6. The van der Waals surface area contributed by atoms with Gasteiger partial charge in [-0.3, -0.25) is 4.79 Å². The van der Waals surface area contributed by atoms with E-state index in [1.807, 2.05) is 29.2 Å². The van der Waals surface area contributed by atoms with E-state index < -0.39 is 0 Å². The number of nitrogens with zero attached hydrogens (tertiary/aromatic N) is 1. The van der Waals surface area contributed by atoms with Crippen molar-refractivity contribution in [1.29, 1.82) is 0 Å². The Morgan fingerprint density at radius 2 is 1.44 bits per heavy atom. The van der Waals surface area contributed by atoms with Crippen molar-refractivity contribution in [2.45, 2.75) is 25.7 Å². The molecule has 0 aliphatic carbocycles. The number of para-hydroxylation sites is 2. The van der Waals surface area contributed by atoms with Crippen LogP contribution >= 0.6 is 0 Å². The van der Waals surface area contributed by atoms with Gasteiger partial charge >= 0.3 is 0 Å². The first kappa shape index (κ1) is 21.5. The molecule has 2 rings (SSSR count). The molecule has 152 valence electrons. The van der Waals surface area contributed by atoms with Crippen LogP contribution in [0.3, 0.4) is 0 Å². The molecule has 0 saturated heterocycles. The molecule has 0 atom stereocenters. The predicted molar refractivity (Wildman–Crippen MR) is 103 cm³/mol. The Hall–Kier alpha value is -1.83. The van der Waals surface area contributed by atoms with Crippen molar-refractivity contribution < 1.29 is 23.7 Å². The molecule has 27 heavy (non-hydrogen) atoms. The molecule has 0 radical (unpaired) electrons. The van der Waals surface area contributed by atoms with E-state index >= 15 is 0 Å². The topological polar surface area (TPSA) is 83.3 Å². The largest absolute Gasteiger partial charge is 0.487 e. The summed E-state index contributed by atoms with van der Waals surface area (Å²) in [7, 11) is 0. The first-order chi connectivity index (χ1) is 13.3. The Kier molecular flexibility index (Phi) is 10.6. The fourth-order valence-corrected chi connectivity index (χ4v) is 2.78. The summed E-state index contributed by atoms with van der Waals surface area (Å²) in [5.74, 6) is 1.54. The number of hydrogen-bond donors (Lipinski definition) is 1. The minimum Gasteiger partial charge on any atom is -0.487 e. The van der Waals surface area contributed by atoms with E-state index in [-0.39, 0.29) is 5.91 Å². The van der Waals surface area contributed by atoms with Crippen LogP contribution in [0.2, 0.25) is 0 Å². The summed E-state index contributed by atoms with van der Waals surface area (Å²) in [6.45, 7) is 4.55. The molecule has 7 heteroatoms.